The molecule has 19 heavy (non-hydrogen) atoms. The maximum Gasteiger partial charge on any atom is 0.259 e. The van der Waals surface area contributed by atoms with Gasteiger partial charge in [0.15, 0.2) is 0 Å². The largest absolute Gasteiger partial charge is 0.469 e. The summed E-state index contributed by atoms with van der Waals surface area (Å²) in [6.45, 7) is 1.68. The van der Waals surface area contributed by atoms with Gasteiger partial charge in [0, 0.05) is 11.3 Å². The van der Waals surface area contributed by atoms with Gasteiger partial charge in [0.25, 0.3) is 5.91 Å². The summed E-state index contributed by atoms with van der Waals surface area (Å²) in [5.74, 6) is -0.356. The fraction of sp³-hybridized carbons (Fsp3) is 0.0769. The zero-order valence-corrected chi connectivity index (χ0v) is 10.9. The third-order valence-corrected chi connectivity index (χ3v) is 2.81. The highest BCUT2D eigenvalue weighted by molar-refractivity contribution is 7.80. The van der Waals surface area contributed by atoms with Crippen LogP contribution < -0.4 is 11.1 Å². The Kier molecular flexibility index (Phi) is 3.62. The molecule has 1 aromatic heterocycles. The van der Waals surface area contributed by atoms with Crippen LogP contribution in [0.2, 0.25) is 0 Å². The number of carbonyl (C=O) groups excluding carboxylic acids is 1. The molecule has 0 saturated carbocycles. The van der Waals surface area contributed by atoms with Crippen LogP contribution in [0, 0.1) is 12.7 Å². The highest BCUT2D eigenvalue weighted by atomic mass is 32.1. The quantitative estimate of drug-likeness (QED) is 0.847. The summed E-state index contributed by atoms with van der Waals surface area (Å²) in [6.07, 6.45) is 1.43. The lowest BCUT2D eigenvalue weighted by Crippen LogP contribution is -2.15. The number of aryl methyl sites for hydroxylation is 1. The lowest BCUT2D eigenvalue weighted by molar-refractivity contribution is 0.102. The number of hydrogen-bond acceptors (Lipinski definition) is 3. The van der Waals surface area contributed by atoms with Gasteiger partial charge in [-0.1, -0.05) is 12.2 Å². The molecule has 0 atom stereocenters. The van der Waals surface area contributed by atoms with Gasteiger partial charge in [-0.25, -0.2) is 4.39 Å². The maximum absolute atomic E-state index is 13.4. The monoisotopic (exact) mass is 278 g/mol. The Balaban J connectivity index is 2.25. The molecule has 0 aliphatic rings. The number of carbonyl (C=O) groups is 1. The summed E-state index contributed by atoms with van der Waals surface area (Å²) in [5, 5.41) is 2.63. The molecule has 98 valence electrons. The zero-order chi connectivity index (χ0) is 14.0. The molecule has 0 radical (unpaired) electrons. The first-order valence-electron chi connectivity index (χ1n) is 5.44. The number of hydrogen-bond donors (Lipinski definition) is 2. The van der Waals surface area contributed by atoms with Crippen molar-refractivity contribution in [3.63, 3.8) is 0 Å². The van der Waals surface area contributed by atoms with Crippen molar-refractivity contribution in [3.8, 4) is 0 Å². The minimum absolute atomic E-state index is 0.0620. The molecule has 0 spiro atoms. The highest BCUT2D eigenvalue weighted by Crippen LogP contribution is 2.17. The number of furan rings is 1. The van der Waals surface area contributed by atoms with Crippen molar-refractivity contribution in [2.24, 2.45) is 5.73 Å². The molecular formula is C13H11FN2O2S. The molecule has 3 N–H and O–H groups in total. The predicted octanol–water partition coefficient (Wildman–Crippen LogP) is 2.61. The summed E-state index contributed by atoms with van der Waals surface area (Å²) in [4.78, 5) is 11.9. The summed E-state index contributed by atoms with van der Waals surface area (Å²) in [6, 6.07) is 5.59. The van der Waals surface area contributed by atoms with E-state index in [2.05, 4.69) is 5.32 Å². The van der Waals surface area contributed by atoms with E-state index in [1.165, 1.54) is 24.5 Å². The van der Waals surface area contributed by atoms with Crippen molar-refractivity contribution in [3.05, 3.63) is 53.2 Å². The molecule has 0 aliphatic heterocycles. The maximum atomic E-state index is 13.4. The fourth-order valence-electron chi connectivity index (χ4n) is 1.61. The molecule has 0 unspecified atom stereocenters. The van der Waals surface area contributed by atoms with Gasteiger partial charge < -0.3 is 15.5 Å². The van der Waals surface area contributed by atoms with Crippen molar-refractivity contribution < 1.29 is 13.6 Å². The number of nitrogens with one attached hydrogen (secondary N) is 1. The third-order valence-electron chi connectivity index (χ3n) is 2.59. The molecule has 0 aliphatic carbocycles. The minimum Gasteiger partial charge on any atom is -0.469 e. The molecular weight excluding hydrogens is 267 g/mol. The van der Waals surface area contributed by atoms with Gasteiger partial charge in [0.1, 0.15) is 16.6 Å². The van der Waals surface area contributed by atoms with Crippen LogP contribution in [-0.4, -0.2) is 10.9 Å². The second-order valence-corrected chi connectivity index (χ2v) is 4.34. The SMILES string of the molecule is Cc1occc1C(=O)Nc1ccc(F)c(C(N)=S)c1. The Labute approximate surface area is 114 Å². The van der Waals surface area contributed by atoms with Crippen molar-refractivity contribution in [2.45, 2.75) is 6.92 Å². The summed E-state index contributed by atoms with van der Waals surface area (Å²) in [7, 11) is 0. The average Bonchev–Trinajstić information content (AvgIpc) is 2.77. The van der Waals surface area contributed by atoms with E-state index in [9.17, 15) is 9.18 Å². The van der Waals surface area contributed by atoms with Crippen molar-refractivity contribution >= 4 is 28.8 Å². The van der Waals surface area contributed by atoms with E-state index in [1.54, 1.807) is 13.0 Å². The summed E-state index contributed by atoms with van der Waals surface area (Å²) >= 11 is 4.73. The number of benzene rings is 1. The Hall–Kier alpha value is -2.21. The first-order valence-corrected chi connectivity index (χ1v) is 5.84. The first-order chi connectivity index (χ1) is 8.99. The Morgan fingerprint density at radius 3 is 2.68 bits per heavy atom. The molecule has 1 heterocycles. The van der Waals surface area contributed by atoms with Crippen LogP contribution in [-0.2, 0) is 0 Å². The lowest BCUT2D eigenvalue weighted by Gasteiger charge is -2.07. The van der Waals surface area contributed by atoms with Gasteiger partial charge in [0.05, 0.1) is 11.8 Å². The first kappa shape index (κ1) is 13.2. The number of nitrogens with two attached hydrogens (primary N) is 1. The topological polar surface area (TPSA) is 68.3 Å². The molecule has 2 rings (SSSR count). The number of rotatable bonds is 3. The van der Waals surface area contributed by atoms with Crippen molar-refractivity contribution in [1.29, 1.82) is 0 Å². The Morgan fingerprint density at radius 1 is 1.37 bits per heavy atom. The lowest BCUT2D eigenvalue weighted by atomic mass is 10.1. The zero-order valence-electron chi connectivity index (χ0n) is 10.1. The fourth-order valence-corrected chi connectivity index (χ4v) is 1.77. The molecule has 0 saturated heterocycles. The van der Waals surface area contributed by atoms with E-state index < -0.39 is 5.82 Å². The summed E-state index contributed by atoms with van der Waals surface area (Å²) < 4.78 is 18.4. The second kappa shape index (κ2) is 5.19. The number of halogens is 1. The third kappa shape index (κ3) is 2.79. The van der Waals surface area contributed by atoms with Gasteiger partial charge in [-0.3, -0.25) is 4.79 Å². The van der Waals surface area contributed by atoms with Gasteiger partial charge >= 0.3 is 0 Å². The number of anilines is 1. The standard InChI is InChI=1S/C13H11FN2O2S/c1-7-9(4-5-18-7)13(17)16-8-2-3-11(14)10(6-8)12(15)19/h2-6H,1H3,(H2,15,19)(H,16,17). The van der Waals surface area contributed by atoms with E-state index >= 15 is 0 Å². The molecule has 2 aromatic rings. The van der Waals surface area contributed by atoms with Crippen molar-refractivity contribution in [1.82, 2.24) is 0 Å². The van der Waals surface area contributed by atoms with E-state index in [0.717, 1.165) is 0 Å². The van der Waals surface area contributed by atoms with Crippen LogP contribution in [0.1, 0.15) is 21.7 Å². The van der Waals surface area contributed by atoms with Gasteiger partial charge in [-0.05, 0) is 31.2 Å². The highest BCUT2D eigenvalue weighted by Gasteiger charge is 2.13. The van der Waals surface area contributed by atoms with Gasteiger partial charge in [-0.15, -0.1) is 0 Å². The van der Waals surface area contributed by atoms with Crippen molar-refractivity contribution in [2.75, 3.05) is 5.32 Å². The van der Waals surface area contributed by atoms with Gasteiger partial charge in [-0.2, -0.15) is 0 Å². The number of thiocarbonyl (C=S) groups is 1. The second-order valence-electron chi connectivity index (χ2n) is 3.90. The summed E-state index contributed by atoms with van der Waals surface area (Å²) in [5.41, 5.74) is 6.32. The normalized spacial score (nSPS) is 10.2. The molecule has 4 nitrogen and oxygen atoms in total. The van der Waals surface area contributed by atoms with E-state index in [4.69, 9.17) is 22.4 Å². The number of amides is 1. The molecule has 6 heteroatoms. The predicted molar refractivity (Wildman–Crippen MR) is 73.7 cm³/mol. The van der Waals surface area contributed by atoms with Crippen LogP contribution in [0.4, 0.5) is 10.1 Å². The van der Waals surface area contributed by atoms with E-state index in [0.29, 0.717) is 17.0 Å². The average molecular weight is 278 g/mol. The Morgan fingerprint density at radius 2 is 2.11 bits per heavy atom. The molecule has 0 fully saturated rings. The van der Waals surface area contributed by atoms with Crippen LogP contribution in [0.5, 0.6) is 0 Å². The molecule has 0 bridgehead atoms. The van der Waals surface area contributed by atoms with Crippen LogP contribution in [0.15, 0.2) is 34.9 Å². The van der Waals surface area contributed by atoms with Crippen LogP contribution in [0.3, 0.4) is 0 Å². The Bertz CT molecular complexity index is 652. The van der Waals surface area contributed by atoms with E-state index in [-0.39, 0.29) is 16.5 Å². The van der Waals surface area contributed by atoms with E-state index in [1.807, 2.05) is 0 Å². The van der Waals surface area contributed by atoms with Gasteiger partial charge in [0.2, 0.25) is 0 Å². The molecule has 1 aromatic carbocycles. The molecule has 1 amide bonds. The minimum atomic E-state index is -0.523. The van der Waals surface area contributed by atoms with Crippen LogP contribution >= 0.6 is 12.2 Å². The smallest absolute Gasteiger partial charge is 0.259 e. The van der Waals surface area contributed by atoms with Crippen LogP contribution in [0.25, 0.3) is 0 Å².